The van der Waals surface area contributed by atoms with Crippen molar-refractivity contribution in [1.82, 2.24) is 10.2 Å². The van der Waals surface area contributed by atoms with Crippen LogP contribution in [0, 0.1) is 11.3 Å². The number of aromatic nitrogens is 2. The Hall–Kier alpha value is -2.20. The van der Waals surface area contributed by atoms with Crippen molar-refractivity contribution in [1.29, 1.82) is 5.26 Å². The third-order valence-corrected chi connectivity index (χ3v) is 3.75. The number of ether oxygens (including phenoxy) is 1. The fourth-order valence-electron chi connectivity index (χ4n) is 2.49. The van der Waals surface area contributed by atoms with E-state index in [-0.39, 0.29) is 12.4 Å². The van der Waals surface area contributed by atoms with Gasteiger partial charge >= 0.3 is 5.97 Å². The molecule has 21 heavy (non-hydrogen) atoms. The van der Waals surface area contributed by atoms with Crippen LogP contribution in [0.3, 0.4) is 0 Å². The predicted octanol–water partition coefficient (Wildman–Crippen LogP) is 1.13. The monoisotopic (exact) mass is 290 g/mol. The van der Waals surface area contributed by atoms with Crippen molar-refractivity contribution >= 4 is 11.8 Å². The van der Waals surface area contributed by atoms with Crippen molar-refractivity contribution in [2.75, 3.05) is 18.5 Å². The van der Waals surface area contributed by atoms with Crippen molar-refractivity contribution in [3.05, 3.63) is 16.8 Å². The van der Waals surface area contributed by atoms with Crippen LogP contribution in [0.25, 0.3) is 0 Å². The van der Waals surface area contributed by atoms with Gasteiger partial charge in [0.1, 0.15) is 11.6 Å². The van der Waals surface area contributed by atoms with Crippen LogP contribution in [0.15, 0.2) is 0 Å². The molecular weight excluding hydrogens is 272 g/mol. The summed E-state index contributed by atoms with van der Waals surface area (Å²) in [5, 5.41) is 29.9. The lowest BCUT2D eigenvalue weighted by Crippen LogP contribution is -2.47. The lowest BCUT2D eigenvalue weighted by molar-refractivity contribution is -0.142. The van der Waals surface area contributed by atoms with E-state index in [0.29, 0.717) is 31.4 Å². The second-order valence-electron chi connectivity index (χ2n) is 4.98. The van der Waals surface area contributed by atoms with Gasteiger partial charge in [0.25, 0.3) is 0 Å². The Morgan fingerprint density at radius 1 is 1.48 bits per heavy atom. The van der Waals surface area contributed by atoms with Crippen LogP contribution in [0.2, 0.25) is 0 Å². The highest BCUT2D eigenvalue weighted by Gasteiger charge is 2.43. The standard InChI is InChI=1S/C14H18N4O3/c1-3-9-10(7-15)12(18-17-11(9)4-2)16-14(13(19)20)5-6-21-8-14/h3-6,8H2,1-2H3,(H,16,18)(H,19,20). The van der Waals surface area contributed by atoms with Crippen LogP contribution < -0.4 is 5.32 Å². The molecule has 1 fully saturated rings. The highest BCUT2D eigenvalue weighted by molar-refractivity contribution is 5.83. The molecule has 0 aliphatic carbocycles. The van der Waals surface area contributed by atoms with Gasteiger partial charge in [-0.2, -0.15) is 10.4 Å². The summed E-state index contributed by atoms with van der Waals surface area (Å²) in [6, 6.07) is 2.12. The second kappa shape index (κ2) is 6.06. The van der Waals surface area contributed by atoms with Gasteiger partial charge in [-0.15, -0.1) is 5.10 Å². The maximum absolute atomic E-state index is 11.5. The molecule has 7 nitrogen and oxygen atoms in total. The summed E-state index contributed by atoms with van der Waals surface area (Å²) in [5.41, 5.74) is 0.722. The van der Waals surface area contributed by atoms with E-state index in [9.17, 15) is 15.2 Å². The Labute approximate surface area is 122 Å². The summed E-state index contributed by atoms with van der Waals surface area (Å²) in [6.07, 6.45) is 1.65. The maximum atomic E-state index is 11.5. The first-order valence-corrected chi connectivity index (χ1v) is 6.95. The number of nitriles is 1. The van der Waals surface area contributed by atoms with Crippen LogP contribution in [0.5, 0.6) is 0 Å². The smallest absolute Gasteiger partial charge is 0.331 e. The number of carboxylic acids is 1. The topological polar surface area (TPSA) is 108 Å². The summed E-state index contributed by atoms with van der Waals surface area (Å²) in [4.78, 5) is 11.5. The number of hydrogen-bond acceptors (Lipinski definition) is 6. The molecule has 0 radical (unpaired) electrons. The van der Waals surface area contributed by atoms with E-state index < -0.39 is 11.5 Å². The minimum absolute atomic E-state index is 0.0475. The van der Waals surface area contributed by atoms with Gasteiger partial charge in [0, 0.05) is 13.0 Å². The molecule has 1 atom stereocenters. The number of aryl methyl sites for hydroxylation is 1. The lowest BCUT2D eigenvalue weighted by atomic mass is 9.97. The van der Waals surface area contributed by atoms with Crippen molar-refractivity contribution in [3.8, 4) is 6.07 Å². The molecule has 1 aromatic heterocycles. The van der Waals surface area contributed by atoms with Crippen LogP contribution in [0.4, 0.5) is 5.82 Å². The van der Waals surface area contributed by atoms with E-state index in [1.807, 2.05) is 13.8 Å². The number of nitrogens with zero attached hydrogens (tertiary/aromatic N) is 3. The molecule has 1 saturated heterocycles. The minimum atomic E-state index is -1.24. The van der Waals surface area contributed by atoms with Crippen LogP contribution in [-0.2, 0) is 22.4 Å². The third kappa shape index (κ3) is 2.67. The van der Waals surface area contributed by atoms with Crippen LogP contribution >= 0.6 is 0 Å². The van der Waals surface area contributed by atoms with Gasteiger partial charge in [-0.1, -0.05) is 13.8 Å². The van der Waals surface area contributed by atoms with Crippen molar-refractivity contribution in [3.63, 3.8) is 0 Å². The number of hydrogen-bond donors (Lipinski definition) is 2. The van der Waals surface area contributed by atoms with Gasteiger partial charge in [0.2, 0.25) is 0 Å². The molecule has 7 heteroatoms. The van der Waals surface area contributed by atoms with Crippen LogP contribution in [0.1, 0.15) is 37.1 Å². The molecular formula is C14H18N4O3. The summed E-state index contributed by atoms with van der Waals surface area (Å²) < 4.78 is 5.19. The third-order valence-electron chi connectivity index (χ3n) is 3.75. The molecule has 0 aromatic carbocycles. The molecule has 0 spiro atoms. The fraction of sp³-hybridized carbons (Fsp3) is 0.571. The highest BCUT2D eigenvalue weighted by Crippen LogP contribution is 2.27. The molecule has 1 aliphatic rings. The normalized spacial score (nSPS) is 21.0. The largest absolute Gasteiger partial charge is 0.479 e. The molecule has 0 bridgehead atoms. The number of aliphatic carboxylic acids is 1. The van der Waals surface area contributed by atoms with Gasteiger partial charge in [-0.05, 0) is 18.4 Å². The predicted molar refractivity (Wildman–Crippen MR) is 74.9 cm³/mol. The second-order valence-corrected chi connectivity index (χ2v) is 4.98. The van der Waals surface area contributed by atoms with E-state index in [1.165, 1.54) is 0 Å². The zero-order valence-corrected chi connectivity index (χ0v) is 12.1. The van der Waals surface area contributed by atoms with E-state index in [4.69, 9.17) is 4.74 Å². The Morgan fingerprint density at radius 2 is 2.24 bits per heavy atom. The Morgan fingerprint density at radius 3 is 2.71 bits per heavy atom. The molecule has 2 rings (SSSR count). The van der Waals surface area contributed by atoms with E-state index in [1.54, 1.807) is 0 Å². The van der Waals surface area contributed by atoms with E-state index in [0.717, 1.165) is 11.3 Å². The van der Waals surface area contributed by atoms with Crippen molar-refractivity contribution < 1.29 is 14.6 Å². The average Bonchev–Trinajstić information content (AvgIpc) is 2.96. The summed E-state index contributed by atoms with van der Waals surface area (Å²) >= 11 is 0. The summed E-state index contributed by atoms with van der Waals surface area (Å²) in [5.74, 6) is -0.789. The number of carboxylic acid groups (broad SMARTS) is 1. The van der Waals surface area contributed by atoms with Crippen molar-refractivity contribution in [2.24, 2.45) is 0 Å². The molecule has 1 unspecified atom stereocenters. The van der Waals surface area contributed by atoms with Gasteiger partial charge in [-0.25, -0.2) is 4.79 Å². The molecule has 1 aromatic rings. The zero-order chi connectivity index (χ0) is 15.5. The Balaban J connectivity index is 2.45. The first-order valence-electron chi connectivity index (χ1n) is 6.95. The first-order chi connectivity index (χ1) is 10.1. The van der Waals surface area contributed by atoms with Gasteiger partial charge < -0.3 is 15.2 Å². The van der Waals surface area contributed by atoms with Gasteiger partial charge in [0.15, 0.2) is 11.4 Å². The van der Waals surface area contributed by atoms with Crippen molar-refractivity contribution in [2.45, 2.75) is 38.6 Å². The van der Waals surface area contributed by atoms with E-state index >= 15 is 0 Å². The number of nitrogens with one attached hydrogen (secondary N) is 1. The molecule has 0 saturated carbocycles. The summed E-state index contributed by atoms with van der Waals surface area (Å²) in [6.45, 7) is 4.29. The molecule has 112 valence electrons. The van der Waals surface area contributed by atoms with Gasteiger partial charge in [0.05, 0.1) is 12.3 Å². The fourth-order valence-corrected chi connectivity index (χ4v) is 2.49. The Bertz CT molecular complexity index is 589. The SMILES string of the molecule is CCc1nnc(NC2(C(=O)O)CCOC2)c(C#N)c1CC. The highest BCUT2D eigenvalue weighted by atomic mass is 16.5. The molecule has 2 heterocycles. The Kier molecular flexibility index (Phi) is 4.38. The molecule has 0 amide bonds. The number of rotatable bonds is 5. The molecule has 1 aliphatic heterocycles. The average molecular weight is 290 g/mol. The van der Waals surface area contributed by atoms with E-state index in [2.05, 4.69) is 21.6 Å². The maximum Gasteiger partial charge on any atom is 0.331 e. The van der Waals surface area contributed by atoms with Gasteiger partial charge in [-0.3, -0.25) is 0 Å². The minimum Gasteiger partial charge on any atom is -0.479 e. The first kappa shape index (κ1) is 15.2. The number of carbonyl (C=O) groups is 1. The quantitative estimate of drug-likeness (QED) is 0.836. The molecule has 2 N–H and O–H groups in total. The zero-order valence-electron chi connectivity index (χ0n) is 12.1. The van der Waals surface area contributed by atoms with Crippen LogP contribution in [-0.4, -0.2) is 40.0 Å². The number of anilines is 1. The summed E-state index contributed by atoms with van der Waals surface area (Å²) in [7, 11) is 0. The lowest BCUT2D eigenvalue weighted by Gasteiger charge is -2.25.